The zero-order valence-corrected chi connectivity index (χ0v) is 20.1. The molecule has 1 N–H and O–H groups in total. The van der Waals surface area contributed by atoms with Gasteiger partial charge in [0.05, 0.1) is 24.5 Å². The quantitative estimate of drug-likeness (QED) is 0.353. The van der Waals surface area contributed by atoms with Gasteiger partial charge in [0.25, 0.3) is 0 Å². The van der Waals surface area contributed by atoms with E-state index in [4.69, 9.17) is 4.74 Å². The Hall–Kier alpha value is -2.83. The van der Waals surface area contributed by atoms with Crippen molar-refractivity contribution in [3.8, 4) is 17.0 Å². The minimum absolute atomic E-state index is 0.0341. The number of nitrogens with one attached hydrogen (secondary N) is 1. The zero-order valence-electron chi connectivity index (χ0n) is 19.3. The lowest BCUT2D eigenvalue weighted by molar-refractivity contribution is -0.0500. The van der Waals surface area contributed by atoms with Crippen LogP contribution in [0.3, 0.4) is 0 Å². The van der Waals surface area contributed by atoms with Gasteiger partial charge in [0.1, 0.15) is 23.3 Å². The minimum Gasteiger partial charge on any atom is -0.444 e. The highest BCUT2D eigenvalue weighted by Gasteiger charge is 2.49. The average Bonchev–Trinajstić information content (AvgIpc) is 3.44. The number of nitrogens with zero attached hydrogens (tertiary/aromatic N) is 2. The van der Waals surface area contributed by atoms with Crippen molar-refractivity contribution >= 4 is 16.2 Å². The van der Waals surface area contributed by atoms with Crippen molar-refractivity contribution in [1.82, 2.24) is 14.9 Å². The van der Waals surface area contributed by atoms with Gasteiger partial charge in [-0.2, -0.15) is 21.6 Å². The zero-order chi connectivity index (χ0) is 25.8. The van der Waals surface area contributed by atoms with E-state index in [9.17, 15) is 30.8 Å². The maximum Gasteiger partial charge on any atom is 0.534 e. The van der Waals surface area contributed by atoms with Gasteiger partial charge in [0, 0.05) is 12.0 Å². The molecule has 2 heterocycles. The predicted octanol–water partition coefficient (Wildman–Crippen LogP) is 4.81. The maximum absolute atomic E-state index is 14.2. The van der Waals surface area contributed by atoms with Crippen molar-refractivity contribution in [2.45, 2.75) is 69.8 Å². The molecule has 0 unspecified atom stereocenters. The van der Waals surface area contributed by atoms with Crippen LogP contribution >= 0.6 is 0 Å². The van der Waals surface area contributed by atoms with Gasteiger partial charge < -0.3 is 13.9 Å². The maximum atomic E-state index is 14.2. The van der Waals surface area contributed by atoms with Crippen LogP contribution in [0.4, 0.5) is 22.4 Å². The van der Waals surface area contributed by atoms with Crippen molar-refractivity contribution in [2.75, 3.05) is 6.54 Å². The SMILES string of the molecule is CC(C)(C)OC(=O)N1C[C@H](F)C[C@H]1c1ncc(-c2ccc(OS(=O)(=O)C(F)(F)F)c3c2CCC3)[nH]1. The fourth-order valence-electron chi connectivity index (χ4n) is 4.38. The smallest absolute Gasteiger partial charge is 0.444 e. The number of fused-ring (bicyclic) bond motifs is 1. The Morgan fingerprint density at radius 2 is 1.86 bits per heavy atom. The summed E-state index contributed by atoms with van der Waals surface area (Å²) < 4.78 is 85.4. The molecule has 1 aromatic carbocycles. The van der Waals surface area contributed by atoms with Gasteiger partial charge in [-0.3, -0.25) is 4.90 Å². The number of aromatic nitrogens is 2. The van der Waals surface area contributed by atoms with E-state index < -0.39 is 39.5 Å². The molecule has 192 valence electrons. The summed E-state index contributed by atoms with van der Waals surface area (Å²) in [6, 6.07) is 1.96. The molecular weight excluding hydrogens is 494 g/mol. The Morgan fingerprint density at radius 3 is 2.51 bits per heavy atom. The van der Waals surface area contributed by atoms with E-state index >= 15 is 0 Å². The lowest BCUT2D eigenvalue weighted by Gasteiger charge is -2.27. The number of amides is 1. The van der Waals surface area contributed by atoms with Crippen LogP contribution in [0, 0.1) is 0 Å². The molecule has 35 heavy (non-hydrogen) atoms. The molecule has 1 aliphatic heterocycles. The van der Waals surface area contributed by atoms with Gasteiger partial charge >= 0.3 is 21.7 Å². The molecule has 0 spiro atoms. The van der Waals surface area contributed by atoms with Crippen molar-refractivity contribution in [1.29, 1.82) is 0 Å². The Labute approximate surface area is 199 Å². The fraction of sp³-hybridized carbons (Fsp3) is 0.545. The third kappa shape index (κ3) is 5.09. The molecular formula is C22H25F4N3O5S. The molecule has 8 nitrogen and oxygen atoms in total. The molecule has 0 bridgehead atoms. The van der Waals surface area contributed by atoms with Gasteiger partial charge in [-0.15, -0.1) is 0 Å². The monoisotopic (exact) mass is 519 g/mol. The number of hydrogen-bond donors (Lipinski definition) is 1. The van der Waals surface area contributed by atoms with Crippen LogP contribution in [-0.4, -0.2) is 53.2 Å². The van der Waals surface area contributed by atoms with Crippen LogP contribution in [0.1, 0.15) is 56.6 Å². The third-order valence-corrected chi connectivity index (χ3v) is 6.77. The van der Waals surface area contributed by atoms with Gasteiger partial charge in [0.2, 0.25) is 0 Å². The number of halogens is 4. The summed E-state index contributed by atoms with van der Waals surface area (Å²) in [5.41, 5.74) is -4.14. The summed E-state index contributed by atoms with van der Waals surface area (Å²) >= 11 is 0. The first kappa shape index (κ1) is 25.3. The highest BCUT2D eigenvalue weighted by Crippen LogP contribution is 2.40. The molecule has 13 heteroatoms. The topological polar surface area (TPSA) is 102 Å². The fourth-order valence-corrected chi connectivity index (χ4v) is 4.87. The molecule has 1 aromatic heterocycles. The molecule has 1 aliphatic carbocycles. The van der Waals surface area contributed by atoms with Crippen LogP contribution in [0.15, 0.2) is 18.3 Å². The van der Waals surface area contributed by atoms with E-state index in [0.29, 0.717) is 47.5 Å². The van der Waals surface area contributed by atoms with Crippen molar-refractivity contribution in [3.05, 3.63) is 35.3 Å². The minimum atomic E-state index is -5.79. The molecule has 1 fully saturated rings. The first-order chi connectivity index (χ1) is 16.2. The lowest BCUT2D eigenvalue weighted by Crippen LogP contribution is -2.37. The van der Waals surface area contributed by atoms with Crippen molar-refractivity contribution in [2.24, 2.45) is 0 Å². The highest BCUT2D eigenvalue weighted by atomic mass is 32.2. The lowest BCUT2D eigenvalue weighted by atomic mass is 10.0. The van der Waals surface area contributed by atoms with E-state index in [1.165, 1.54) is 23.2 Å². The Bertz CT molecular complexity index is 1240. The molecule has 1 amide bonds. The standard InChI is InChI=1S/C22H25F4N3O5S/c1-21(2,3)33-20(30)29-11-12(23)9-17(29)19-27-10-16(28-19)14-7-8-18(15-6-4-5-13(14)15)34-35(31,32)22(24,25)26/h7-8,10,12,17H,4-6,9,11H2,1-3H3,(H,27,28)/t12-,17+/m1/s1. The number of likely N-dealkylation sites (tertiary alicyclic amines) is 1. The largest absolute Gasteiger partial charge is 0.534 e. The number of carbonyl (C=O) groups excluding carboxylic acids is 1. The second kappa shape index (κ2) is 8.68. The van der Waals surface area contributed by atoms with Crippen LogP contribution < -0.4 is 4.18 Å². The predicted molar refractivity (Wildman–Crippen MR) is 117 cm³/mol. The number of aromatic amines is 1. The number of ether oxygens (including phenoxy) is 1. The van der Waals surface area contributed by atoms with E-state index in [1.54, 1.807) is 20.8 Å². The summed E-state index contributed by atoms with van der Waals surface area (Å²) in [5.74, 6) is -0.0109. The number of H-pyrrole nitrogens is 1. The van der Waals surface area contributed by atoms with E-state index in [1.807, 2.05) is 0 Å². The number of alkyl halides is 4. The summed E-state index contributed by atoms with van der Waals surface area (Å²) in [7, 11) is -5.79. The summed E-state index contributed by atoms with van der Waals surface area (Å²) in [4.78, 5) is 21.3. The Kier molecular flexibility index (Phi) is 6.27. The second-order valence-corrected chi connectivity index (χ2v) is 11.1. The Balaban J connectivity index is 1.63. The first-order valence-electron chi connectivity index (χ1n) is 11.0. The second-order valence-electron chi connectivity index (χ2n) is 9.57. The summed E-state index contributed by atoms with van der Waals surface area (Å²) in [6.45, 7) is 5.00. The van der Waals surface area contributed by atoms with Crippen LogP contribution in [-0.2, 0) is 27.7 Å². The first-order valence-corrected chi connectivity index (χ1v) is 12.4. The molecule has 0 radical (unpaired) electrons. The van der Waals surface area contributed by atoms with Crippen LogP contribution in [0.2, 0.25) is 0 Å². The molecule has 4 rings (SSSR count). The van der Waals surface area contributed by atoms with Crippen LogP contribution in [0.5, 0.6) is 5.75 Å². The van der Waals surface area contributed by atoms with Gasteiger partial charge in [0.15, 0.2) is 0 Å². The Morgan fingerprint density at radius 1 is 1.17 bits per heavy atom. The number of hydrogen-bond acceptors (Lipinski definition) is 6. The van der Waals surface area contributed by atoms with Crippen LogP contribution in [0.25, 0.3) is 11.3 Å². The normalized spacial score (nSPS) is 20.7. The molecule has 1 saturated heterocycles. The highest BCUT2D eigenvalue weighted by molar-refractivity contribution is 7.88. The van der Waals surface area contributed by atoms with E-state index in [2.05, 4.69) is 14.2 Å². The van der Waals surface area contributed by atoms with E-state index in [-0.39, 0.29) is 18.7 Å². The third-order valence-electron chi connectivity index (χ3n) is 5.80. The number of carbonyl (C=O) groups is 1. The number of rotatable bonds is 4. The van der Waals surface area contributed by atoms with Crippen molar-refractivity contribution in [3.63, 3.8) is 0 Å². The summed E-state index contributed by atoms with van der Waals surface area (Å²) in [5, 5.41) is 0. The summed E-state index contributed by atoms with van der Waals surface area (Å²) in [6.07, 6.45) is 1.08. The van der Waals surface area contributed by atoms with E-state index in [0.717, 1.165) is 0 Å². The molecule has 2 aliphatic rings. The number of benzene rings is 1. The van der Waals surface area contributed by atoms with Gasteiger partial charge in [-0.05, 0) is 63.3 Å². The molecule has 2 atom stereocenters. The van der Waals surface area contributed by atoms with Gasteiger partial charge in [-0.1, -0.05) is 0 Å². The number of imidazole rings is 1. The molecule has 0 saturated carbocycles. The average molecular weight is 520 g/mol. The molecule has 2 aromatic rings. The van der Waals surface area contributed by atoms with Gasteiger partial charge in [-0.25, -0.2) is 14.2 Å². The van der Waals surface area contributed by atoms with Crippen molar-refractivity contribution < 1.29 is 39.7 Å².